The third kappa shape index (κ3) is 5.34. The maximum atomic E-state index is 9.19. The summed E-state index contributed by atoms with van der Waals surface area (Å²) in [5.74, 6) is 0.724. The van der Waals surface area contributed by atoms with Gasteiger partial charge >= 0.3 is 7.12 Å². The molecule has 0 aromatic heterocycles. The van der Waals surface area contributed by atoms with Gasteiger partial charge < -0.3 is 19.2 Å². The van der Waals surface area contributed by atoms with Crippen molar-refractivity contribution < 1.29 is 19.2 Å². The van der Waals surface area contributed by atoms with Gasteiger partial charge in [-0.25, -0.2) is 0 Å². The van der Waals surface area contributed by atoms with E-state index < -0.39 is 15.4 Å². The van der Waals surface area contributed by atoms with Crippen LogP contribution in [0.5, 0.6) is 5.75 Å². The average Bonchev–Trinajstić information content (AvgIpc) is 2.51. The van der Waals surface area contributed by atoms with Crippen LogP contribution in [0.3, 0.4) is 0 Å². The Morgan fingerprint density at radius 1 is 1.00 bits per heavy atom. The van der Waals surface area contributed by atoms with Crippen molar-refractivity contribution in [3.8, 4) is 5.75 Å². The summed E-state index contributed by atoms with van der Waals surface area (Å²) in [7, 11) is -3.29. The lowest BCUT2D eigenvalue weighted by Crippen LogP contribution is -2.48. The van der Waals surface area contributed by atoms with Gasteiger partial charge in [0.1, 0.15) is 11.4 Å². The molecule has 0 heterocycles. The van der Waals surface area contributed by atoms with Gasteiger partial charge in [0.25, 0.3) is 0 Å². The normalized spacial score (nSPS) is 13.0. The van der Waals surface area contributed by atoms with Crippen LogP contribution in [0.4, 0.5) is 0 Å². The van der Waals surface area contributed by atoms with Gasteiger partial charge in [0.2, 0.25) is 0 Å². The Balaban J connectivity index is 2.88. The Labute approximate surface area is 148 Å². The fourth-order valence-corrected chi connectivity index (χ4v) is 3.17. The zero-order valence-corrected chi connectivity index (χ0v) is 17.2. The molecule has 0 amide bonds. The molecule has 4 nitrogen and oxygen atoms in total. The highest BCUT2D eigenvalue weighted by Crippen LogP contribution is 2.38. The molecule has 0 aliphatic carbocycles. The molecule has 0 saturated carbocycles. The molecule has 2 N–H and O–H groups in total. The van der Waals surface area contributed by atoms with Crippen molar-refractivity contribution in [2.24, 2.45) is 0 Å². The van der Waals surface area contributed by atoms with E-state index in [9.17, 15) is 10.0 Å². The highest BCUT2D eigenvalue weighted by Gasteiger charge is 2.40. The van der Waals surface area contributed by atoms with Gasteiger partial charge in [-0.2, -0.15) is 0 Å². The van der Waals surface area contributed by atoms with Crippen molar-refractivity contribution in [1.29, 1.82) is 0 Å². The number of hydrogen-bond donors (Lipinski definition) is 2. The second kappa shape index (κ2) is 8.04. The van der Waals surface area contributed by atoms with E-state index >= 15 is 0 Å². The molecule has 0 fully saturated rings. The van der Waals surface area contributed by atoms with Crippen LogP contribution >= 0.6 is 0 Å². The molecular weight excluding hydrogens is 319 g/mol. The first-order chi connectivity index (χ1) is 11.0. The molecule has 1 rings (SSSR count). The van der Waals surface area contributed by atoms with E-state index in [1.165, 1.54) is 0 Å². The maximum absolute atomic E-state index is 9.19. The predicted octanol–water partition coefficient (Wildman–Crippen LogP) is 3.33. The molecule has 0 bridgehead atoms. The van der Waals surface area contributed by atoms with E-state index in [1.807, 2.05) is 0 Å². The minimum absolute atomic E-state index is 0.166. The molecule has 0 radical (unpaired) electrons. The topological polar surface area (TPSA) is 58.9 Å². The van der Waals surface area contributed by atoms with Crippen molar-refractivity contribution in [1.82, 2.24) is 0 Å². The molecule has 1 aromatic carbocycles. The highest BCUT2D eigenvalue weighted by atomic mass is 28.4. The fraction of sp³-hybridized carbons (Fsp3) is 0.667. The molecule has 0 atom stereocenters. The smallest absolute Gasteiger partial charge is 0.485 e. The van der Waals surface area contributed by atoms with E-state index in [4.69, 9.17) is 9.16 Å². The molecule has 24 heavy (non-hydrogen) atoms. The predicted molar refractivity (Wildman–Crippen MR) is 103 cm³/mol. The van der Waals surface area contributed by atoms with Crippen LogP contribution in [0.2, 0.25) is 18.1 Å². The number of hydrogen-bond acceptors (Lipinski definition) is 4. The van der Waals surface area contributed by atoms with Gasteiger partial charge in [0.15, 0.2) is 8.32 Å². The molecule has 6 heteroatoms. The van der Waals surface area contributed by atoms with Gasteiger partial charge in [-0.1, -0.05) is 46.8 Å². The van der Waals surface area contributed by atoms with Gasteiger partial charge in [0, 0.05) is 0 Å². The van der Waals surface area contributed by atoms with Crippen LogP contribution in [-0.2, 0) is 4.43 Å². The third-order valence-electron chi connectivity index (χ3n) is 5.30. The Morgan fingerprint density at radius 2 is 1.50 bits per heavy atom. The van der Waals surface area contributed by atoms with E-state index in [1.54, 1.807) is 24.3 Å². The van der Waals surface area contributed by atoms with E-state index in [0.29, 0.717) is 12.1 Å². The lowest BCUT2D eigenvalue weighted by Gasteiger charge is -2.41. The first-order valence-corrected chi connectivity index (χ1v) is 11.7. The first-order valence-electron chi connectivity index (χ1n) is 8.75. The molecule has 1 aromatic rings. The molecule has 0 aliphatic heterocycles. The molecule has 0 aliphatic rings. The molecule has 0 spiro atoms. The summed E-state index contributed by atoms with van der Waals surface area (Å²) in [6.45, 7) is 16.0. The maximum Gasteiger partial charge on any atom is 0.488 e. The van der Waals surface area contributed by atoms with E-state index in [2.05, 4.69) is 47.7 Å². The summed E-state index contributed by atoms with van der Waals surface area (Å²) in [6, 6.07) is 6.90. The highest BCUT2D eigenvalue weighted by molar-refractivity contribution is 6.74. The van der Waals surface area contributed by atoms with Gasteiger partial charge in [-0.3, -0.25) is 0 Å². The summed E-state index contributed by atoms with van der Waals surface area (Å²) >= 11 is 0. The van der Waals surface area contributed by atoms with E-state index in [-0.39, 0.29) is 10.6 Å². The summed E-state index contributed by atoms with van der Waals surface area (Å²) < 4.78 is 12.7. The summed E-state index contributed by atoms with van der Waals surface area (Å²) in [5.41, 5.74) is 0.0907. The Morgan fingerprint density at radius 3 is 1.88 bits per heavy atom. The zero-order chi connectivity index (χ0) is 18.6. The van der Waals surface area contributed by atoms with Crippen LogP contribution in [0.1, 0.15) is 47.5 Å². The summed E-state index contributed by atoms with van der Waals surface area (Å²) in [5, 5.41) is 18.5. The van der Waals surface area contributed by atoms with Crippen LogP contribution < -0.4 is 10.2 Å². The second-order valence-corrected chi connectivity index (χ2v) is 12.8. The van der Waals surface area contributed by atoms with Crippen molar-refractivity contribution >= 4 is 20.9 Å². The van der Waals surface area contributed by atoms with Crippen LogP contribution in [0.25, 0.3) is 0 Å². The van der Waals surface area contributed by atoms with Crippen molar-refractivity contribution in [3.05, 3.63) is 24.3 Å². The van der Waals surface area contributed by atoms with Crippen molar-refractivity contribution in [2.45, 2.75) is 71.2 Å². The van der Waals surface area contributed by atoms with Gasteiger partial charge in [-0.15, -0.1) is 0 Å². The van der Waals surface area contributed by atoms with Crippen LogP contribution in [-0.4, -0.2) is 37.7 Å². The molecule has 0 saturated heterocycles. The SMILES string of the molecule is CCC(CC)(CO[Si](C)(C)C(C)(C)C)Oc1ccc(B(O)O)cc1. The number of benzene rings is 1. The van der Waals surface area contributed by atoms with Gasteiger partial charge in [-0.05, 0) is 48.6 Å². The molecular formula is C18H33BO4Si. The largest absolute Gasteiger partial charge is 0.488 e. The van der Waals surface area contributed by atoms with Gasteiger partial charge in [0.05, 0.1) is 6.61 Å². The minimum Gasteiger partial charge on any atom is -0.485 e. The lowest BCUT2D eigenvalue weighted by atomic mass is 9.80. The first kappa shape index (κ1) is 21.2. The molecule has 0 unspecified atom stereocenters. The number of rotatable bonds is 8. The second-order valence-electron chi connectivity index (χ2n) is 7.98. The summed E-state index contributed by atoms with van der Waals surface area (Å²) in [6.07, 6.45) is 1.70. The average molecular weight is 352 g/mol. The summed E-state index contributed by atoms with van der Waals surface area (Å²) in [4.78, 5) is 0. The Bertz CT molecular complexity index is 505. The number of ether oxygens (including phenoxy) is 1. The monoisotopic (exact) mass is 352 g/mol. The van der Waals surface area contributed by atoms with Crippen LogP contribution in [0, 0.1) is 0 Å². The minimum atomic E-state index is -1.83. The van der Waals surface area contributed by atoms with Crippen LogP contribution in [0.15, 0.2) is 24.3 Å². The standard InChI is InChI=1S/C18H33BO4Si/c1-8-18(9-2,14-22-24(6,7)17(3,4)5)23-16-12-10-15(11-13-16)19(20)21/h10-13,20-21H,8-9,14H2,1-7H3. The lowest BCUT2D eigenvalue weighted by molar-refractivity contribution is 0.00745. The zero-order valence-electron chi connectivity index (χ0n) is 16.2. The Hall–Kier alpha value is -0.818. The third-order valence-corrected chi connectivity index (χ3v) is 9.78. The Kier molecular flexibility index (Phi) is 7.11. The van der Waals surface area contributed by atoms with Crippen molar-refractivity contribution in [2.75, 3.05) is 6.61 Å². The van der Waals surface area contributed by atoms with Crippen molar-refractivity contribution in [3.63, 3.8) is 0 Å². The quantitative estimate of drug-likeness (QED) is 0.705. The fourth-order valence-electron chi connectivity index (χ4n) is 2.11. The van der Waals surface area contributed by atoms with E-state index in [0.717, 1.165) is 18.6 Å². The molecule has 136 valence electrons.